The molecule has 1 heterocycles. The van der Waals surface area contributed by atoms with Crippen LogP contribution in [-0.2, 0) is 10.2 Å². The zero-order valence-corrected chi connectivity index (χ0v) is 13.5. The molecule has 106 valence electrons. The summed E-state index contributed by atoms with van der Waals surface area (Å²) in [5, 5.41) is 4.93. The van der Waals surface area contributed by atoms with Crippen molar-refractivity contribution in [2.45, 2.75) is 30.5 Å². The van der Waals surface area contributed by atoms with Crippen molar-refractivity contribution < 1.29 is 4.79 Å². The van der Waals surface area contributed by atoms with Gasteiger partial charge in [-0.3, -0.25) is 4.79 Å². The largest absolute Gasteiger partial charge is 0.325 e. The number of anilines is 1. The Kier molecular flexibility index (Phi) is 4.83. The van der Waals surface area contributed by atoms with Crippen molar-refractivity contribution in [3.8, 4) is 0 Å². The van der Waals surface area contributed by atoms with Gasteiger partial charge in [-0.05, 0) is 12.1 Å². The number of carbonyl (C=O) groups excluding carboxylic acids is 1. The van der Waals surface area contributed by atoms with Crippen LogP contribution in [0.1, 0.15) is 26.5 Å². The average Bonchev–Trinajstić information content (AvgIpc) is 2.86. The molecule has 0 fully saturated rings. The maximum Gasteiger partial charge on any atom is 0.234 e. The van der Waals surface area contributed by atoms with Gasteiger partial charge in [-0.15, -0.1) is 11.3 Å². The number of rotatable bonds is 4. The number of nitrogens with zero attached hydrogens (tertiary/aromatic N) is 1. The van der Waals surface area contributed by atoms with Gasteiger partial charge in [0.25, 0.3) is 0 Å². The molecule has 1 amide bonds. The highest BCUT2D eigenvalue weighted by molar-refractivity contribution is 8.01. The molecule has 5 heteroatoms. The minimum Gasteiger partial charge on any atom is -0.325 e. The standard InChI is InChI=1S/C15H18N2OS2/c1-15(2,3)12-9-19-14(17-12)20-10-13(18)16-11-7-5-4-6-8-11/h4-9H,10H2,1-3H3,(H,16,18). The SMILES string of the molecule is CC(C)(C)c1csc(SCC(=O)Nc2ccccc2)n1. The summed E-state index contributed by atoms with van der Waals surface area (Å²) < 4.78 is 0.943. The van der Waals surface area contributed by atoms with Crippen molar-refractivity contribution in [1.82, 2.24) is 4.98 Å². The van der Waals surface area contributed by atoms with E-state index in [-0.39, 0.29) is 11.3 Å². The van der Waals surface area contributed by atoms with E-state index >= 15 is 0 Å². The Balaban J connectivity index is 1.86. The Morgan fingerprint density at radius 1 is 1.30 bits per heavy atom. The van der Waals surface area contributed by atoms with Gasteiger partial charge in [0.15, 0.2) is 4.34 Å². The van der Waals surface area contributed by atoms with E-state index in [2.05, 4.69) is 36.5 Å². The van der Waals surface area contributed by atoms with Crippen LogP contribution in [0.3, 0.4) is 0 Å². The minimum atomic E-state index is -0.00583. The van der Waals surface area contributed by atoms with Crippen LogP contribution in [0.15, 0.2) is 40.1 Å². The second kappa shape index (κ2) is 6.41. The zero-order valence-electron chi connectivity index (χ0n) is 11.8. The third-order valence-corrected chi connectivity index (χ3v) is 4.66. The molecule has 0 aliphatic heterocycles. The Morgan fingerprint density at radius 2 is 2.00 bits per heavy atom. The third-order valence-electron chi connectivity index (χ3n) is 2.64. The average molecular weight is 306 g/mol. The normalized spacial score (nSPS) is 11.3. The molecule has 0 saturated carbocycles. The van der Waals surface area contributed by atoms with Gasteiger partial charge < -0.3 is 5.32 Å². The molecule has 1 N–H and O–H groups in total. The summed E-state index contributed by atoms with van der Waals surface area (Å²) in [5.74, 6) is 0.375. The summed E-state index contributed by atoms with van der Waals surface area (Å²) in [5.41, 5.74) is 1.96. The van der Waals surface area contributed by atoms with Crippen LogP contribution >= 0.6 is 23.1 Å². The summed E-state index contributed by atoms with van der Waals surface area (Å²) >= 11 is 3.08. The van der Waals surface area contributed by atoms with Crippen LogP contribution in [0.25, 0.3) is 0 Å². The maximum absolute atomic E-state index is 11.8. The van der Waals surface area contributed by atoms with Gasteiger partial charge in [-0.2, -0.15) is 0 Å². The topological polar surface area (TPSA) is 42.0 Å². The van der Waals surface area contributed by atoms with Gasteiger partial charge in [0.2, 0.25) is 5.91 Å². The lowest BCUT2D eigenvalue weighted by Gasteiger charge is -2.14. The molecule has 2 aromatic rings. The Bertz CT molecular complexity index is 573. The molecule has 3 nitrogen and oxygen atoms in total. The van der Waals surface area contributed by atoms with Crippen molar-refractivity contribution in [3.63, 3.8) is 0 Å². The number of para-hydroxylation sites is 1. The zero-order chi connectivity index (χ0) is 14.6. The van der Waals surface area contributed by atoms with E-state index in [1.807, 2.05) is 30.3 Å². The fourth-order valence-electron chi connectivity index (χ4n) is 1.51. The van der Waals surface area contributed by atoms with E-state index in [1.165, 1.54) is 11.8 Å². The third kappa shape index (κ3) is 4.35. The molecule has 0 atom stereocenters. The summed E-state index contributed by atoms with van der Waals surface area (Å²) in [6.07, 6.45) is 0. The van der Waals surface area contributed by atoms with E-state index in [4.69, 9.17) is 0 Å². The van der Waals surface area contributed by atoms with E-state index in [0.717, 1.165) is 15.7 Å². The second-order valence-electron chi connectivity index (χ2n) is 5.45. The van der Waals surface area contributed by atoms with Crippen LogP contribution in [0, 0.1) is 0 Å². The molecule has 20 heavy (non-hydrogen) atoms. The smallest absolute Gasteiger partial charge is 0.234 e. The number of thioether (sulfide) groups is 1. The predicted molar refractivity (Wildman–Crippen MR) is 86.6 cm³/mol. The van der Waals surface area contributed by atoms with Crippen LogP contribution in [-0.4, -0.2) is 16.6 Å². The lowest BCUT2D eigenvalue weighted by atomic mass is 9.93. The Morgan fingerprint density at radius 3 is 2.60 bits per heavy atom. The Hall–Kier alpha value is -1.33. The Labute approximate surface area is 127 Å². The molecule has 0 aliphatic carbocycles. The molecule has 0 radical (unpaired) electrons. The number of aromatic nitrogens is 1. The van der Waals surface area contributed by atoms with Crippen molar-refractivity contribution >= 4 is 34.7 Å². The van der Waals surface area contributed by atoms with Crippen molar-refractivity contribution in [1.29, 1.82) is 0 Å². The van der Waals surface area contributed by atoms with Gasteiger partial charge in [-0.1, -0.05) is 50.7 Å². The first-order valence-corrected chi connectivity index (χ1v) is 8.25. The number of carbonyl (C=O) groups is 1. The number of hydrogen-bond acceptors (Lipinski definition) is 4. The molecule has 0 aliphatic rings. The van der Waals surface area contributed by atoms with Gasteiger partial charge >= 0.3 is 0 Å². The molecule has 0 spiro atoms. The summed E-state index contributed by atoms with van der Waals surface area (Å²) in [6, 6.07) is 9.49. The van der Waals surface area contributed by atoms with Crippen LogP contribution in [0.2, 0.25) is 0 Å². The predicted octanol–water partition coefficient (Wildman–Crippen LogP) is 4.17. The molecule has 0 unspecified atom stereocenters. The van der Waals surface area contributed by atoms with E-state index in [9.17, 15) is 4.79 Å². The highest BCUT2D eigenvalue weighted by Gasteiger charge is 2.17. The minimum absolute atomic E-state index is 0.00583. The second-order valence-corrected chi connectivity index (χ2v) is 7.53. The molecular weight excluding hydrogens is 288 g/mol. The van der Waals surface area contributed by atoms with Gasteiger partial charge in [0, 0.05) is 16.5 Å². The van der Waals surface area contributed by atoms with E-state index < -0.39 is 0 Å². The summed E-state index contributed by atoms with van der Waals surface area (Å²) in [6.45, 7) is 6.41. The summed E-state index contributed by atoms with van der Waals surface area (Å²) in [4.78, 5) is 16.4. The quantitative estimate of drug-likeness (QED) is 0.862. The molecular formula is C15H18N2OS2. The van der Waals surface area contributed by atoms with Crippen LogP contribution < -0.4 is 5.32 Å². The molecule has 1 aromatic carbocycles. The van der Waals surface area contributed by atoms with Crippen molar-refractivity contribution in [2.75, 3.05) is 11.1 Å². The van der Waals surface area contributed by atoms with E-state index in [0.29, 0.717) is 5.75 Å². The first-order valence-electron chi connectivity index (χ1n) is 6.39. The highest BCUT2D eigenvalue weighted by atomic mass is 32.2. The molecule has 0 bridgehead atoms. The highest BCUT2D eigenvalue weighted by Crippen LogP contribution is 2.29. The number of amides is 1. The fourth-order valence-corrected chi connectivity index (χ4v) is 3.37. The van der Waals surface area contributed by atoms with Crippen molar-refractivity contribution in [2.24, 2.45) is 0 Å². The number of nitrogens with one attached hydrogen (secondary N) is 1. The van der Waals surface area contributed by atoms with Crippen LogP contribution in [0.5, 0.6) is 0 Å². The molecule has 0 saturated heterocycles. The van der Waals surface area contributed by atoms with Crippen molar-refractivity contribution in [3.05, 3.63) is 41.4 Å². The van der Waals surface area contributed by atoms with Crippen LogP contribution in [0.4, 0.5) is 5.69 Å². The number of benzene rings is 1. The van der Waals surface area contributed by atoms with E-state index in [1.54, 1.807) is 11.3 Å². The number of thiazole rings is 1. The van der Waals surface area contributed by atoms with Gasteiger partial charge in [0.1, 0.15) is 0 Å². The molecule has 1 aromatic heterocycles. The number of hydrogen-bond donors (Lipinski definition) is 1. The maximum atomic E-state index is 11.8. The molecule has 2 rings (SSSR count). The fraction of sp³-hybridized carbons (Fsp3) is 0.333. The first kappa shape index (κ1) is 15.1. The lowest BCUT2D eigenvalue weighted by Crippen LogP contribution is -2.14. The van der Waals surface area contributed by atoms with Gasteiger partial charge in [0.05, 0.1) is 11.4 Å². The summed E-state index contributed by atoms with van der Waals surface area (Å²) in [7, 11) is 0. The monoisotopic (exact) mass is 306 g/mol. The lowest BCUT2D eigenvalue weighted by molar-refractivity contribution is -0.113. The first-order chi connectivity index (χ1) is 9.45. The van der Waals surface area contributed by atoms with Gasteiger partial charge in [-0.25, -0.2) is 4.98 Å².